The third-order valence-electron chi connectivity index (χ3n) is 3.98. The molecule has 0 saturated heterocycles. The molecule has 0 saturated carbocycles. The number of fused-ring (bicyclic) bond motifs is 1. The van der Waals surface area contributed by atoms with Gasteiger partial charge in [-0.3, -0.25) is 19.7 Å². The van der Waals surface area contributed by atoms with Gasteiger partial charge in [-0.15, -0.1) is 0 Å². The zero-order chi connectivity index (χ0) is 19.3. The average molecular weight is 391 g/mol. The van der Waals surface area contributed by atoms with E-state index in [0.717, 1.165) is 15.9 Å². The number of rotatable bonds is 6. The van der Waals surface area contributed by atoms with Gasteiger partial charge in [0.2, 0.25) is 0 Å². The Morgan fingerprint density at radius 3 is 2.79 bits per heavy atom. The zero-order valence-electron chi connectivity index (χ0n) is 15.1. The highest BCUT2D eigenvalue weighted by Crippen LogP contribution is 2.35. The number of nitrogens with zero attached hydrogens (tertiary/aromatic N) is 5. The molecule has 7 nitrogen and oxygen atoms in total. The van der Waals surface area contributed by atoms with Crippen LogP contribution in [0.2, 0.25) is 0 Å². The molecule has 3 heterocycles. The third-order valence-corrected chi connectivity index (χ3v) is 5.02. The monoisotopic (exact) mass is 391 g/mol. The third kappa shape index (κ3) is 3.67. The summed E-state index contributed by atoms with van der Waals surface area (Å²) < 4.78 is 6.63. The second kappa shape index (κ2) is 8.10. The van der Waals surface area contributed by atoms with E-state index in [-0.39, 0.29) is 18.1 Å². The molecule has 4 rings (SSSR count). The van der Waals surface area contributed by atoms with Gasteiger partial charge in [-0.1, -0.05) is 23.5 Å². The van der Waals surface area contributed by atoms with E-state index < -0.39 is 0 Å². The van der Waals surface area contributed by atoms with Crippen molar-refractivity contribution in [3.8, 4) is 5.75 Å². The number of anilines is 1. The summed E-state index contributed by atoms with van der Waals surface area (Å²) in [6, 6.07) is 11.4. The zero-order valence-corrected chi connectivity index (χ0v) is 16.0. The summed E-state index contributed by atoms with van der Waals surface area (Å²) in [5.41, 5.74) is 1.74. The molecule has 0 N–H and O–H groups in total. The van der Waals surface area contributed by atoms with Crippen molar-refractivity contribution in [3.63, 3.8) is 0 Å². The van der Waals surface area contributed by atoms with Gasteiger partial charge in [-0.05, 0) is 31.2 Å². The van der Waals surface area contributed by atoms with Crippen molar-refractivity contribution in [1.82, 2.24) is 19.9 Å². The normalized spacial score (nSPS) is 10.8. The second-order valence-electron chi connectivity index (χ2n) is 5.84. The molecule has 28 heavy (non-hydrogen) atoms. The maximum absolute atomic E-state index is 13.2. The number of pyridine rings is 1. The number of aromatic nitrogens is 4. The summed E-state index contributed by atoms with van der Waals surface area (Å²) in [4.78, 5) is 31.9. The van der Waals surface area contributed by atoms with Gasteiger partial charge in [-0.25, -0.2) is 9.97 Å². The Morgan fingerprint density at radius 2 is 2.04 bits per heavy atom. The summed E-state index contributed by atoms with van der Waals surface area (Å²) in [5.74, 6) is 0.419. The molecule has 0 aliphatic heterocycles. The van der Waals surface area contributed by atoms with E-state index in [0.29, 0.717) is 17.5 Å². The molecule has 0 aliphatic carbocycles. The lowest BCUT2D eigenvalue weighted by atomic mass is 10.3. The molecule has 140 valence electrons. The van der Waals surface area contributed by atoms with Crippen molar-refractivity contribution in [2.24, 2.45) is 0 Å². The Bertz CT molecular complexity index is 1090. The molecule has 1 amide bonds. The summed E-state index contributed by atoms with van der Waals surface area (Å²) >= 11 is 1.43. The van der Waals surface area contributed by atoms with Crippen LogP contribution in [0.15, 0.2) is 61.2 Å². The number of carbonyl (C=O) groups is 1. The molecule has 0 atom stereocenters. The van der Waals surface area contributed by atoms with E-state index in [1.54, 1.807) is 11.1 Å². The number of para-hydroxylation sites is 1. The molecule has 4 aromatic rings. The first-order valence-corrected chi connectivity index (χ1v) is 9.58. The molecule has 1 aromatic carbocycles. The summed E-state index contributed by atoms with van der Waals surface area (Å²) in [7, 11) is 0. The molecule has 0 fully saturated rings. The van der Waals surface area contributed by atoms with Crippen molar-refractivity contribution in [1.29, 1.82) is 0 Å². The van der Waals surface area contributed by atoms with E-state index in [4.69, 9.17) is 9.72 Å². The van der Waals surface area contributed by atoms with Gasteiger partial charge in [-0.2, -0.15) is 0 Å². The maximum Gasteiger partial charge on any atom is 0.280 e. The molecular formula is C20H17N5O2S. The lowest BCUT2D eigenvalue weighted by Gasteiger charge is -2.18. The predicted molar refractivity (Wildman–Crippen MR) is 108 cm³/mol. The van der Waals surface area contributed by atoms with Crippen LogP contribution in [0.4, 0.5) is 5.13 Å². The number of benzene rings is 1. The first-order chi connectivity index (χ1) is 13.8. The SMILES string of the molecule is CCOc1cccc2sc(N(Cc3ccccn3)C(=O)c3cnccn3)nc12. The van der Waals surface area contributed by atoms with E-state index in [1.807, 2.05) is 43.3 Å². The van der Waals surface area contributed by atoms with E-state index in [9.17, 15) is 4.79 Å². The van der Waals surface area contributed by atoms with Gasteiger partial charge in [0.25, 0.3) is 5.91 Å². The first kappa shape index (κ1) is 18.0. The number of thiazole rings is 1. The van der Waals surface area contributed by atoms with E-state index in [2.05, 4.69) is 15.0 Å². The fraction of sp³-hybridized carbons (Fsp3) is 0.150. The van der Waals surface area contributed by atoms with Crippen molar-refractivity contribution >= 4 is 32.6 Å². The Morgan fingerprint density at radius 1 is 1.11 bits per heavy atom. The Hall–Kier alpha value is -3.39. The number of carbonyl (C=O) groups excluding carboxylic acids is 1. The number of hydrogen-bond acceptors (Lipinski definition) is 7. The highest BCUT2D eigenvalue weighted by atomic mass is 32.1. The maximum atomic E-state index is 13.2. The smallest absolute Gasteiger partial charge is 0.280 e. The molecule has 3 aromatic heterocycles. The second-order valence-corrected chi connectivity index (χ2v) is 6.84. The van der Waals surface area contributed by atoms with Crippen molar-refractivity contribution in [3.05, 3.63) is 72.6 Å². The molecule has 8 heteroatoms. The summed E-state index contributed by atoms with van der Waals surface area (Å²) in [6.45, 7) is 2.75. The predicted octanol–water partition coefficient (Wildman–Crippen LogP) is 3.73. The Kier molecular flexibility index (Phi) is 5.20. The van der Waals surface area contributed by atoms with Crippen LogP contribution >= 0.6 is 11.3 Å². The number of ether oxygens (including phenoxy) is 1. The Balaban J connectivity index is 1.77. The lowest BCUT2D eigenvalue weighted by Crippen LogP contribution is -2.31. The van der Waals surface area contributed by atoms with Crippen LogP contribution in [0.3, 0.4) is 0 Å². The van der Waals surface area contributed by atoms with E-state index >= 15 is 0 Å². The van der Waals surface area contributed by atoms with Crippen LogP contribution < -0.4 is 9.64 Å². The highest BCUT2D eigenvalue weighted by Gasteiger charge is 2.24. The fourth-order valence-electron chi connectivity index (χ4n) is 2.73. The van der Waals surface area contributed by atoms with Crippen molar-refractivity contribution in [2.45, 2.75) is 13.5 Å². The standard InChI is InChI=1S/C20H17N5O2S/c1-2-27-16-7-5-8-17-18(16)24-20(28-17)25(13-14-6-3-4-9-22-14)19(26)15-12-21-10-11-23-15/h3-12H,2,13H2,1H3. The average Bonchev–Trinajstić information content (AvgIpc) is 3.18. The first-order valence-electron chi connectivity index (χ1n) is 8.76. The molecule has 0 aliphatic rings. The lowest BCUT2D eigenvalue weighted by molar-refractivity contribution is 0.0979. The van der Waals surface area contributed by atoms with E-state index in [1.165, 1.54) is 29.9 Å². The quantitative estimate of drug-likeness (QED) is 0.498. The van der Waals surface area contributed by atoms with Crippen molar-refractivity contribution < 1.29 is 9.53 Å². The van der Waals surface area contributed by atoms with Crippen LogP contribution in [-0.4, -0.2) is 32.4 Å². The van der Waals surface area contributed by atoms with Crippen molar-refractivity contribution in [2.75, 3.05) is 11.5 Å². The summed E-state index contributed by atoms with van der Waals surface area (Å²) in [6.07, 6.45) is 6.18. The minimum absolute atomic E-state index is 0.253. The Labute approximate surface area is 165 Å². The van der Waals surface area contributed by atoms with Crippen LogP contribution in [0.25, 0.3) is 10.2 Å². The van der Waals surface area contributed by atoms with Crippen LogP contribution in [-0.2, 0) is 6.54 Å². The van der Waals surface area contributed by atoms with Gasteiger partial charge in [0.15, 0.2) is 5.13 Å². The van der Waals surface area contributed by atoms with Gasteiger partial charge in [0.05, 0.1) is 29.7 Å². The largest absolute Gasteiger partial charge is 0.492 e. The molecule has 0 radical (unpaired) electrons. The molecule has 0 bridgehead atoms. The number of hydrogen-bond donors (Lipinski definition) is 0. The molecular weight excluding hydrogens is 374 g/mol. The minimum Gasteiger partial charge on any atom is -0.492 e. The molecule has 0 spiro atoms. The fourth-order valence-corrected chi connectivity index (χ4v) is 3.71. The van der Waals surface area contributed by atoms with Crippen LogP contribution in [0.1, 0.15) is 23.1 Å². The minimum atomic E-state index is -0.282. The summed E-state index contributed by atoms with van der Waals surface area (Å²) in [5, 5.41) is 0.559. The van der Waals surface area contributed by atoms with Gasteiger partial charge < -0.3 is 4.74 Å². The van der Waals surface area contributed by atoms with Gasteiger partial charge in [0.1, 0.15) is 17.0 Å². The highest BCUT2D eigenvalue weighted by molar-refractivity contribution is 7.22. The van der Waals surface area contributed by atoms with Crippen LogP contribution in [0, 0.1) is 0 Å². The van der Waals surface area contributed by atoms with Gasteiger partial charge in [0, 0.05) is 18.6 Å². The molecule has 0 unspecified atom stereocenters. The van der Waals surface area contributed by atoms with Gasteiger partial charge >= 0.3 is 0 Å². The van der Waals surface area contributed by atoms with Crippen LogP contribution in [0.5, 0.6) is 5.75 Å². The number of amides is 1. The topological polar surface area (TPSA) is 81.1 Å².